The Morgan fingerprint density at radius 3 is 2.29 bits per heavy atom. The SMILES string of the molecule is C[C@@H]1[C@H]2C3=CC[C@@H]4[C@@]5(C)CCC(=O)C(C)(C)[C@H]5CC[C@@]4(C)[C@]3(C)CC[C@@]2(C)[C@@H](O)C[C@H]1C(=O)O. The van der Waals surface area contributed by atoms with Crippen LogP contribution in [0.2, 0.25) is 0 Å². The molecule has 0 amide bonds. The molecule has 2 N–H and O–H groups in total. The van der Waals surface area contributed by atoms with Crippen molar-refractivity contribution in [3.05, 3.63) is 11.6 Å². The molecular weight excluding hydrogens is 424 g/mol. The van der Waals surface area contributed by atoms with Crippen molar-refractivity contribution >= 4 is 11.8 Å². The summed E-state index contributed by atoms with van der Waals surface area (Å²) < 4.78 is 0. The summed E-state index contributed by atoms with van der Waals surface area (Å²) in [6.45, 7) is 16.2. The standard InChI is InChI=1S/C30H46O4/c1-17-18(25(33)34)16-23(32)28(5)14-15-29(6)19(24(17)28)8-9-21-27(4)12-11-22(31)26(2,3)20(27)10-13-30(21,29)7/h8,17-18,20-21,23-24,32H,9-16H2,1-7H3,(H,33,34)/t17-,18+,20+,21+,23-,24-,27-,28-,29+,30+/m0/s1. The fourth-order valence-electron chi connectivity index (χ4n) is 10.8. The molecule has 10 atom stereocenters. The van der Waals surface area contributed by atoms with Gasteiger partial charge in [-0.25, -0.2) is 0 Å². The normalized spacial score (nSPS) is 54.1. The van der Waals surface area contributed by atoms with Crippen LogP contribution in [0, 0.1) is 56.7 Å². The zero-order valence-electron chi connectivity index (χ0n) is 22.4. The maximum atomic E-state index is 12.9. The summed E-state index contributed by atoms with van der Waals surface area (Å²) in [5, 5.41) is 21.2. The van der Waals surface area contributed by atoms with Gasteiger partial charge in [0.1, 0.15) is 5.78 Å². The number of carboxylic acid groups (broad SMARTS) is 1. The minimum absolute atomic E-state index is 0.00798. The molecule has 4 saturated carbocycles. The molecule has 0 aromatic carbocycles. The van der Waals surface area contributed by atoms with Crippen molar-refractivity contribution in [1.29, 1.82) is 0 Å². The summed E-state index contributed by atoms with van der Waals surface area (Å²) in [6, 6.07) is 0. The Kier molecular flexibility index (Phi) is 5.20. The first-order chi connectivity index (χ1) is 15.6. The van der Waals surface area contributed by atoms with Crippen molar-refractivity contribution in [1.82, 2.24) is 0 Å². The minimum Gasteiger partial charge on any atom is -0.481 e. The third-order valence-corrected chi connectivity index (χ3v) is 13.2. The average Bonchev–Trinajstić information content (AvgIpc) is 2.74. The molecule has 0 unspecified atom stereocenters. The molecule has 0 saturated heterocycles. The molecular formula is C30H46O4. The third kappa shape index (κ3) is 2.75. The quantitative estimate of drug-likeness (QED) is 0.443. The van der Waals surface area contributed by atoms with Gasteiger partial charge in [-0.1, -0.05) is 60.1 Å². The number of aliphatic hydroxyl groups excluding tert-OH is 1. The number of allylic oxidation sites excluding steroid dienone is 2. The Bertz CT molecular complexity index is 949. The highest BCUT2D eigenvalue weighted by Crippen LogP contribution is 2.75. The number of hydrogen-bond donors (Lipinski definition) is 2. The predicted molar refractivity (Wildman–Crippen MR) is 133 cm³/mol. The second-order valence-electron chi connectivity index (χ2n) is 14.5. The Morgan fingerprint density at radius 1 is 0.971 bits per heavy atom. The number of Topliss-reactive ketones (excluding diaryl/α,β-unsaturated/α-hetero) is 1. The minimum atomic E-state index is -0.761. The van der Waals surface area contributed by atoms with Crippen LogP contribution in [0.5, 0.6) is 0 Å². The Labute approximate surface area is 206 Å². The molecule has 0 heterocycles. The van der Waals surface area contributed by atoms with Crippen LogP contribution >= 0.6 is 0 Å². The summed E-state index contributed by atoms with van der Waals surface area (Å²) >= 11 is 0. The lowest BCUT2D eigenvalue weighted by Gasteiger charge is -2.71. The molecule has 5 aliphatic rings. The van der Waals surface area contributed by atoms with E-state index in [1.165, 1.54) is 5.57 Å². The van der Waals surface area contributed by atoms with Crippen LogP contribution in [-0.2, 0) is 9.59 Å². The molecule has 4 fully saturated rings. The summed E-state index contributed by atoms with van der Waals surface area (Å²) in [5.74, 6) is 0.291. The number of carbonyl (C=O) groups is 2. The van der Waals surface area contributed by atoms with Gasteiger partial charge in [-0.15, -0.1) is 0 Å². The number of carboxylic acids is 1. The topological polar surface area (TPSA) is 74.6 Å². The van der Waals surface area contributed by atoms with E-state index in [0.29, 0.717) is 30.5 Å². The van der Waals surface area contributed by atoms with Crippen molar-refractivity contribution in [3.63, 3.8) is 0 Å². The van der Waals surface area contributed by atoms with E-state index in [-0.39, 0.29) is 38.9 Å². The highest BCUT2D eigenvalue weighted by molar-refractivity contribution is 5.85. The summed E-state index contributed by atoms with van der Waals surface area (Å²) in [6.07, 6.45) is 9.26. The first-order valence-electron chi connectivity index (χ1n) is 13.8. The van der Waals surface area contributed by atoms with Gasteiger partial charge in [0.05, 0.1) is 12.0 Å². The third-order valence-electron chi connectivity index (χ3n) is 13.2. The highest BCUT2D eigenvalue weighted by atomic mass is 16.4. The number of fused-ring (bicyclic) bond motifs is 7. The molecule has 4 heteroatoms. The molecule has 0 radical (unpaired) electrons. The first-order valence-corrected chi connectivity index (χ1v) is 13.8. The lowest BCUT2D eigenvalue weighted by molar-refractivity contribution is -0.194. The highest BCUT2D eigenvalue weighted by Gasteiger charge is 2.69. The number of rotatable bonds is 1. The van der Waals surface area contributed by atoms with Gasteiger partial charge < -0.3 is 10.2 Å². The Balaban J connectivity index is 1.60. The van der Waals surface area contributed by atoms with Gasteiger partial charge in [-0.05, 0) is 84.9 Å². The van der Waals surface area contributed by atoms with Crippen LogP contribution in [0.25, 0.3) is 0 Å². The lowest BCUT2D eigenvalue weighted by atomic mass is 9.33. The second-order valence-corrected chi connectivity index (χ2v) is 14.5. The van der Waals surface area contributed by atoms with Crippen molar-refractivity contribution in [3.8, 4) is 0 Å². The smallest absolute Gasteiger partial charge is 0.306 e. The monoisotopic (exact) mass is 470 g/mol. The van der Waals surface area contributed by atoms with Gasteiger partial charge in [-0.3, -0.25) is 9.59 Å². The van der Waals surface area contributed by atoms with Gasteiger partial charge in [0.25, 0.3) is 0 Å². The molecule has 0 bridgehead atoms. The van der Waals surface area contributed by atoms with Crippen molar-refractivity contribution in [2.24, 2.45) is 56.7 Å². The molecule has 5 rings (SSSR count). The van der Waals surface area contributed by atoms with E-state index in [0.717, 1.165) is 38.5 Å². The maximum Gasteiger partial charge on any atom is 0.306 e. The average molecular weight is 471 g/mol. The van der Waals surface area contributed by atoms with Crippen LogP contribution in [0.4, 0.5) is 0 Å². The molecule has 190 valence electrons. The van der Waals surface area contributed by atoms with Crippen molar-refractivity contribution < 1.29 is 19.8 Å². The van der Waals surface area contributed by atoms with Gasteiger partial charge in [0.2, 0.25) is 0 Å². The lowest BCUT2D eigenvalue weighted by Crippen LogP contribution is -2.65. The van der Waals surface area contributed by atoms with Gasteiger partial charge in [0, 0.05) is 17.3 Å². The molecule has 0 aliphatic heterocycles. The van der Waals surface area contributed by atoms with Gasteiger partial charge >= 0.3 is 5.97 Å². The molecule has 0 aromatic rings. The van der Waals surface area contributed by atoms with Gasteiger partial charge in [-0.2, -0.15) is 0 Å². The van der Waals surface area contributed by atoms with E-state index >= 15 is 0 Å². The molecule has 5 aliphatic carbocycles. The number of carbonyl (C=O) groups excluding carboxylic acids is 1. The van der Waals surface area contributed by atoms with Crippen molar-refractivity contribution in [2.75, 3.05) is 0 Å². The summed E-state index contributed by atoms with van der Waals surface area (Å²) in [4.78, 5) is 25.1. The Hall–Kier alpha value is -1.16. The number of hydrogen-bond acceptors (Lipinski definition) is 3. The fourth-order valence-corrected chi connectivity index (χ4v) is 10.8. The second kappa shape index (κ2) is 7.20. The van der Waals surface area contributed by atoms with E-state index in [1.54, 1.807) is 0 Å². The molecule has 34 heavy (non-hydrogen) atoms. The fraction of sp³-hybridized carbons (Fsp3) is 0.867. The number of aliphatic carboxylic acids is 1. The summed E-state index contributed by atoms with van der Waals surface area (Å²) in [7, 11) is 0. The predicted octanol–water partition coefficient (Wildman–Crippen LogP) is 6.27. The maximum absolute atomic E-state index is 12.9. The molecule has 4 nitrogen and oxygen atoms in total. The van der Waals surface area contributed by atoms with Crippen LogP contribution in [0.15, 0.2) is 11.6 Å². The molecule has 0 aromatic heterocycles. The van der Waals surface area contributed by atoms with Crippen LogP contribution < -0.4 is 0 Å². The van der Waals surface area contributed by atoms with Crippen LogP contribution in [0.3, 0.4) is 0 Å². The van der Waals surface area contributed by atoms with Crippen molar-refractivity contribution in [2.45, 2.75) is 106 Å². The van der Waals surface area contributed by atoms with Gasteiger partial charge in [0.15, 0.2) is 0 Å². The van der Waals surface area contributed by atoms with Crippen LogP contribution in [0.1, 0.15) is 99.8 Å². The van der Waals surface area contributed by atoms with E-state index in [1.807, 2.05) is 0 Å². The number of aliphatic hydroxyl groups is 1. The Morgan fingerprint density at radius 2 is 1.65 bits per heavy atom. The molecule has 0 spiro atoms. The van der Waals surface area contributed by atoms with E-state index in [4.69, 9.17) is 0 Å². The van der Waals surface area contributed by atoms with E-state index in [9.17, 15) is 19.8 Å². The first kappa shape index (κ1) is 24.5. The summed E-state index contributed by atoms with van der Waals surface area (Å²) in [5.41, 5.74) is 1.24. The van der Waals surface area contributed by atoms with E-state index in [2.05, 4.69) is 54.5 Å². The zero-order valence-corrected chi connectivity index (χ0v) is 22.4. The largest absolute Gasteiger partial charge is 0.481 e. The zero-order chi connectivity index (χ0) is 25.1. The van der Waals surface area contributed by atoms with E-state index < -0.39 is 18.0 Å². The van der Waals surface area contributed by atoms with Crippen LogP contribution in [-0.4, -0.2) is 28.1 Å². The number of ketones is 1.